The highest BCUT2D eigenvalue weighted by molar-refractivity contribution is 5.79. The zero-order valence-corrected chi connectivity index (χ0v) is 9.25. The maximum atomic E-state index is 4.40. The SMILES string of the molecule is Cc1cc(-n2ncc3ccccc32)n(C)n1. The highest BCUT2D eigenvalue weighted by Gasteiger charge is 2.08. The summed E-state index contributed by atoms with van der Waals surface area (Å²) in [7, 11) is 1.93. The lowest BCUT2D eigenvalue weighted by Gasteiger charge is -2.02. The first-order chi connectivity index (χ1) is 7.75. The molecular weight excluding hydrogens is 200 g/mol. The van der Waals surface area contributed by atoms with E-state index in [2.05, 4.69) is 22.3 Å². The van der Waals surface area contributed by atoms with Crippen molar-refractivity contribution in [2.75, 3.05) is 0 Å². The Hall–Kier alpha value is -2.10. The Kier molecular flexibility index (Phi) is 1.83. The molecule has 0 aliphatic heterocycles. The normalized spacial score (nSPS) is 11.1. The number of nitrogens with zero attached hydrogens (tertiary/aromatic N) is 4. The lowest BCUT2D eigenvalue weighted by Crippen LogP contribution is -2.03. The van der Waals surface area contributed by atoms with Crippen LogP contribution in [0.15, 0.2) is 36.5 Å². The summed E-state index contributed by atoms with van der Waals surface area (Å²) in [5.41, 5.74) is 2.10. The molecule has 0 spiro atoms. The zero-order valence-electron chi connectivity index (χ0n) is 9.25. The Morgan fingerprint density at radius 1 is 1.19 bits per heavy atom. The Balaban J connectivity index is 2.30. The summed E-state index contributed by atoms with van der Waals surface area (Å²) < 4.78 is 3.75. The van der Waals surface area contributed by atoms with Crippen LogP contribution in [-0.2, 0) is 7.05 Å². The molecule has 3 rings (SSSR count). The summed E-state index contributed by atoms with van der Waals surface area (Å²) in [5, 5.41) is 9.87. The first-order valence-corrected chi connectivity index (χ1v) is 5.19. The molecule has 0 radical (unpaired) electrons. The minimum atomic E-state index is 0.985. The van der Waals surface area contributed by atoms with Crippen LogP contribution >= 0.6 is 0 Å². The average Bonchev–Trinajstić information content (AvgIpc) is 2.81. The molecule has 1 aromatic carbocycles. The second-order valence-corrected chi connectivity index (χ2v) is 3.88. The van der Waals surface area contributed by atoms with E-state index in [9.17, 15) is 0 Å². The third kappa shape index (κ3) is 1.23. The summed E-state index contributed by atoms with van der Waals surface area (Å²) in [6.07, 6.45) is 1.87. The van der Waals surface area contributed by atoms with Gasteiger partial charge in [0.1, 0.15) is 0 Å². The van der Waals surface area contributed by atoms with Crippen LogP contribution in [0.5, 0.6) is 0 Å². The topological polar surface area (TPSA) is 35.6 Å². The van der Waals surface area contributed by atoms with Crippen molar-refractivity contribution in [3.05, 3.63) is 42.2 Å². The second-order valence-electron chi connectivity index (χ2n) is 3.88. The molecule has 0 bridgehead atoms. The Labute approximate surface area is 93.1 Å². The van der Waals surface area contributed by atoms with E-state index in [0.717, 1.165) is 22.4 Å². The smallest absolute Gasteiger partial charge is 0.152 e. The van der Waals surface area contributed by atoms with Crippen LogP contribution in [0.3, 0.4) is 0 Å². The van der Waals surface area contributed by atoms with Crippen molar-refractivity contribution < 1.29 is 0 Å². The zero-order chi connectivity index (χ0) is 11.1. The van der Waals surface area contributed by atoms with Gasteiger partial charge in [-0.15, -0.1) is 0 Å². The van der Waals surface area contributed by atoms with Crippen LogP contribution in [0.25, 0.3) is 16.7 Å². The van der Waals surface area contributed by atoms with E-state index < -0.39 is 0 Å². The van der Waals surface area contributed by atoms with Gasteiger partial charge in [-0.05, 0) is 13.0 Å². The van der Waals surface area contributed by atoms with E-state index in [-0.39, 0.29) is 0 Å². The molecule has 0 saturated carbocycles. The van der Waals surface area contributed by atoms with Gasteiger partial charge in [0, 0.05) is 18.5 Å². The Morgan fingerprint density at radius 3 is 2.75 bits per heavy atom. The van der Waals surface area contributed by atoms with Crippen LogP contribution in [0.1, 0.15) is 5.69 Å². The van der Waals surface area contributed by atoms with Gasteiger partial charge >= 0.3 is 0 Å². The molecule has 0 N–H and O–H groups in total. The molecule has 2 heterocycles. The first kappa shape index (κ1) is 9.15. The summed E-state index contributed by atoms with van der Waals surface area (Å²) in [5.74, 6) is 0.985. The molecule has 0 aliphatic carbocycles. The molecule has 3 aromatic rings. The predicted octanol–water partition coefficient (Wildman–Crippen LogP) is 2.07. The largest absolute Gasteiger partial charge is 0.251 e. The van der Waals surface area contributed by atoms with Crippen LogP contribution < -0.4 is 0 Å². The van der Waals surface area contributed by atoms with Gasteiger partial charge < -0.3 is 0 Å². The average molecular weight is 212 g/mol. The predicted molar refractivity (Wildman–Crippen MR) is 62.6 cm³/mol. The molecule has 0 atom stereocenters. The summed E-state index contributed by atoms with van der Waals surface area (Å²) >= 11 is 0. The lowest BCUT2D eigenvalue weighted by atomic mass is 10.2. The molecule has 0 unspecified atom stereocenters. The highest BCUT2D eigenvalue weighted by Crippen LogP contribution is 2.17. The van der Waals surface area contributed by atoms with E-state index in [0.29, 0.717) is 0 Å². The van der Waals surface area contributed by atoms with E-state index >= 15 is 0 Å². The molecular formula is C12H12N4. The van der Waals surface area contributed by atoms with Gasteiger partial charge in [-0.25, -0.2) is 4.68 Å². The minimum absolute atomic E-state index is 0.985. The quantitative estimate of drug-likeness (QED) is 0.619. The van der Waals surface area contributed by atoms with E-state index in [1.165, 1.54) is 0 Å². The van der Waals surface area contributed by atoms with E-state index in [1.54, 1.807) is 0 Å². The van der Waals surface area contributed by atoms with Crippen LogP contribution in [0.2, 0.25) is 0 Å². The molecule has 80 valence electrons. The van der Waals surface area contributed by atoms with Crippen molar-refractivity contribution in [1.29, 1.82) is 0 Å². The third-order valence-electron chi connectivity index (χ3n) is 2.67. The standard InChI is InChI=1S/C12H12N4/c1-9-7-12(15(2)14-9)16-11-6-4-3-5-10(11)8-13-16/h3-8H,1-2H3. The monoisotopic (exact) mass is 212 g/mol. The fourth-order valence-electron chi connectivity index (χ4n) is 1.95. The van der Waals surface area contributed by atoms with Gasteiger partial charge in [-0.2, -0.15) is 10.2 Å². The number of hydrogen-bond donors (Lipinski definition) is 0. The number of benzene rings is 1. The first-order valence-electron chi connectivity index (χ1n) is 5.19. The summed E-state index contributed by atoms with van der Waals surface area (Å²) in [6.45, 7) is 1.98. The van der Waals surface area contributed by atoms with Crippen LogP contribution in [0.4, 0.5) is 0 Å². The minimum Gasteiger partial charge on any atom is -0.251 e. The maximum absolute atomic E-state index is 4.40. The van der Waals surface area contributed by atoms with Crippen molar-refractivity contribution in [2.45, 2.75) is 6.92 Å². The van der Waals surface area contributed by atoms with Gasteiger partial charge in [0.05, 0.1) is 17.4 Å². The van der Waals surface area contributed by atoms with Crippen molar-refractivity contribution >= 4 is 10.9 Å². The molecule has 16 heavy (non-hydrogen) atoms. The Morgan fingerprint density at radius 2 is 2.00 bits per heavy atom. The Bertz CT molecular complexity index is 648. The molecule has 2 aromatic heterocycles. The fraction of sp³-hybridized carbons (Fsp3) is 0.167. The second kappa shape index (κ2) is 3.20. The van der Waals surface area contributed by atoms with Crippen LogP contribution in [0, 0.1) is 6.92 Å². The van der Waals surface area contributed by atoms with Crippen LogP contribution in [-0.4, -0.2) is 19.6 Å². The number of fused-ring (bicyclic) bond motifs is 1. The maximum Gasteiger partial charge on any atom is 0.152 e. The van der Waals surface area contributed by atoms with Gasteiger partial charge in [0.15, 0.2) is 5.82 Å². The highest BCUT2D eigenvalue weighted by atomic mass is 15.4. The van der Waals surface area contributed by atoms with Gasteiger partial charge in [-0.3, -0.25) is 4.68 Å². The van der Waals surface area contributed by atoms with Gasteiger partial charge in [-0.1, -0.05) is 18.2 Å². The van der Waals surface area contributed by atoms with Crippen molar-refractivity contribution in [2.24, 2.45) is 7.05 Å². The summed E-state index contributed by atoms with van der Waals surface area (Å²) in [6, 6.07) is 10.2. The fourth-order valence-corrected chi connectivity index (χ4v) is 1.95. The number of rotatable bonds is 1. The molecule has 0 fully saturated rings. The molecule has 0 aliphatic rings. The van der Waals surface area contributed by atoms with Crippen molar-refractivity contribution in [1.82, 2.24) is 19.6 Å². The van der Waals surface area contributed by atoms with Crippen molar-refractivity contribution in [3.63, 3.8) is 0 Å². The number of aryl methyl sites for hydroxylation is 2. The molecule has 4 nitrogen and oxygen atoms in total. The third-order valence-corrected chi connectivity index (χ3v) is 2.67. The van der Waals surface area contributed by atoms with Gasteiger partial charge in [0.2, 0.25) is 0 Å². The lowest BCUT2D eigenvalue weighted by molar-refractivity contribution is 0.702. The van der Waals surface area contributed by atoms with E-state index in [1.807, 2.05) is 47.7 Å². The number of hydrogen-bond acceptors (Lipinski definition) is 2. The summed E-state index contributed by atoms with van der Waals surface area (Å²) in [4.78, 5) is 0. The number of para-hydroxylation sites is 1. The molecule has 4 heteroatoms. The van der Waals surface area contributed by atoms with Gasteiger partial charge in [0.25, 0.3) is 0 Å². The van der Waals surface area contributed by atoms with E-state index in [4.69, 9.17) is 0 Å². The van der Waals surface area contributed by atoms with Crippen molar-refractivity contribution in [3.8, 4) is 5.82 Å². The number of aromatic nitrogens is 4. The molecule has 0 saturated heterocycles. The molecule has 0 amide bonds.